The molecule has 3 heterocycles. The van der Waals surface area contributed by atoms with Crippen LogP contribution in [-0.4, -0.2) is 84.6 Å². The molecule has 0 aromatic carbocycles. The largest absolute Gasteiger partial charge is 0.392 e. The number of ether oxygens (including phenoxy) is 3. The molecule has 0 amide bonds. The first kappa shape index (κ1) is 36.8. The fourth-order valence-electron chi connectivity index (χ4n) is 8.98. The van der Waals surface area contributed by atoms with Gasteiger partial charge in [-0.05, 0) is 58.3 Å². The lowest BCUT2D eigenvalue weighted by Crippen LogP contribution is -2.59. The normalized spacial score (nSPS) is 47.2. The first-order chi connectivity index (χ1) is 19.8. The molecule has 9 heteroatoms. The average Bonchev–Trinajstić information content (AvgIpc) is 3.43. The van der Waals surface area contributed by atoms with E-state index in [1.165, 1.54) is 0 Å². The fourth-order valence-corrected chi connectivity index (χ4v) is 8.98. The second kappa shape index (κ2) is 13.2. The van der Waals surface area contributed by atoms with Crippen LogP contribution in [0.25, 0.3) is 0 Å². The zero-order valence-electron chi connectivity index (χ0n) is 28.5. The Morgan fingerprint density at radius 1 is 0.930 bits per heavy atom. The number of rotatable bonds is 12. The van der Waals surface area contributed by atoms with Gasteiger partial charge in [0.15, 0.2) is 11.6 Å². The van der Waals surface area contributed by atoms with E-state index < -0.39 is 77.0 Å². The van der Waals surface area contributed by atoms with Crippen molar-refractivity contribution in [3.05, 3.63) is 0 Å². The molecule has 0 radical (unpaired) electrons. The minimum absolute atomic E-state index is 0.0638. The van der Waals surface area contributed by atoms with Gasteiger partial charge in [0.1, 0.15) is 11.4 Å². The zero-order chi connectivity index (χ0) is 32.9. The van der Waals surface area contributed by atoms with Gasteiger partial charge in [-0.1, -0.05) is 62.3 Å². The van der Waals surface area contributed by atoms with Crippen molar-refractivity contribution in [2.75, 3.05) is 0 Å². The van der Waals surface area contributed by atoms with Gasteiger partial charge >= 0.3 is 0 Å². The summed E-state index contributed by atoms with van der Waals surface area (Å²) >= 11 is 0. The van der Waals surface area contributed by atoms with Crippen LogP contribution in [0, 0.1) is 41.4 Å². The number of hydrogen-bond acceptors (Lipinski definition) is 9. The second-order valence-electron chi connectivity index (χ2n) is 14.8. The van der Waals surface area contributed by atoms with Gasteiger partial charge in [-0.15, -0.1) is 0 Å². The first-order valence-corrected chi connectivity index (χ1v) is 16.9. The van der Waals surface area contributed by atoms with Crippen LogP contribution in [0.3, 0.4) is 0 Å². The summed E-state index contributed by atoms with van der Waals surface area (Å²) in [6, 6.07) is 0. The van der Waals surface area contributed by atoms with Crippen molar-refractivity contribution in [1.29, 1.82) is 0 Å². The summed E-state index contributed by atoms with van der Waals surface area (Å²) in [5.74, 6) is -6.24. The number of Topliss-reactive ketones (excluding diaryl/α,β-unsaturated/α-hetero) is 1. The molecule has 0 spiro atoms. The number of hydrogen-bond donors (Lipinski definition) is 5. The fraction of sp³-hybridized carbons (Fsp3) is 0.971. The molecule has 3 saturated heterocycles. The lowest BCUT2D eigenvalue weighted by Gasteiger charge is -2.50. The van der Waals surface area contributed by atoms with Crippen molar-refractivity contribution >= 4 is 5.78 Å². The number of aliphatic hydroxyl groups is 5. The van der Waals surface area contributed by atoms with E-state index >= 15 is 0 Å². The van der Waals surface area contributed by atoms with E-state index in [1.54, 1.807) is 20.8 Å². The molecular formula is C34H62O9. The summed E-state index contributed by atoms with van der Waals surface area (Å²) < 4.78 is 19.2. The highest BCUT2D eigenvalue weighted by Gasteiger charge is 2.67. The van der Waals surface area contributed by atoms with Crippen LogP contribution < -0.4 is 0 Å². The van der Waals surface area contributed by atoms with E-state index in [2.05, 4.69) is 0 Å². The van der Waals surface area contributed by atoms with Crippen molar-refractivity contribution in [1.82, 2.24) is 0 Å². The quantitative estimate of drug-likeness (QED) is 0.218. The highest BCUT2D eigenvalue weighted by Crippen LogP contribution is 2.56. The predicted molar refractivity (Wildman–Crippen MR) is 164 cm³/mol. The molecule has 5 N–H and O–H groups in total. The van der Waals surface area contributed by atoms with Crippen molar-refractivity contribution < 1.29 is 44.5 Å². The Morgan fingerprint density at radius 3 is 2.05 bits per heavy atom. The van der Waals surface area contributed by atoms with Gasteiger partial charge in [0.05, 0.1) is 36.1 Å². The lowest BCUT2D eigenvalue weighted by atomic mass is 9.72. The van der Waals surface area contributed by atoms with E-state index in [4.69, 9.17) is 14.2 Å². The molecular weight excluding hydrogens is 552 g/mol. The minimum Gasteiger partial charge on any atom is -0.392 e. The van der Waals surface area contributed by atoms with Gasteiger partial charge in [0.25, 0.3) is 0 Å². The summed E-state index contributed by atoms with van der Waals surface area (Å²) in [6.07, 6.45) is -0.608. The van der Waals surface area contributed by atoms with Gasteiger partial charge in [0, 0.05) is 35.5 Å². The van der Waals surface area contributed by atoms with E-state index in [0.29, 0.717) is 38.5 Å². The van der Waals surface area contributed by atoms with Crippen LogP contribution in [-0.2, 0) is 19.0 Å². The second-order valence-corrected chi connectivity index (χ2v) is 14.8. The highest BCUT2D eigenvalue weighted by atomic mass is 16.7. The van der Waals surface area contributed by atoms with E-state index in [-0.39, 0.29) is 23.5 Å². The molecule has 0 saturated carbocycles. The van der Waals surface area contributed by atoms with Crippen LogP contribution in [0.4, 0.5) is 0 Å². The third-order valence-corrected chi connectivity index (χ3v) is 11.9. The Kier molecular flexibility index (Phi) is 11.3. The maximum absolute atomic E-state index is 14.1. The molecule has 43 heavy (non-hydrogen) atoms. The highest BCUT2D eigenvalue weighted by molar-refractivity contribution is 5.84. The van der Waals surface area contributed by atoms with Crippen molar-refractivity contribution in [2.45, 2.75) is 168 Å². The standard InChI is InChI=1S/C34H62O9/c1-12-23(27(37)20(7)26(36)21(8)30-22(9)28(38)24(13-2)32(11,39)42-30)29-18(5)16-31(10,41-29)34(40)19(6)17-33(15-4,43-34)25(35)14-3/h18-26,28-30,35-36,38-40H,12-17H2,1-11H3/t18-,19+,20-,21-,22-,23-,24+,25-,26+,28+,29-,30+,31-,32-,33+,34+/m0/s1. The van der Waals surface area contributed by atoms with Crippen LogP contribution in [0.2, 0.25) is 0 Å². The third kappa shape index (κ3) is 6.23. The maximum atomic E-state index is 14.1. The molecule has 0 bridgehead atoms. The number of carbonyl (C=O) groups is 1. The molecule has 16 atom stereocenters. The van der Waals surface area contributed by atoms with Gasteiger partial charge < -0.3 is 39.7 Å². The monoisotopic (exact) mass is 614 g/mol. The molecule has 9 nitrogen and oxygen atoms in total. The zero-order valence-corrected chi connectivity index (χ0v) is 28.5. The Labute approximate surface area is 259 Å². The van der Waals surface area contributed by atoms with E-state index in [0.717, 1.165) is 0 Å². The molecule has 0 unspecified atom stereocenters. The topological polar surface area (TPSA) is 146 Å². The number of aliphatic hydroxyl groups excluding tert-OH is 3. The Bertz CT molecular complexity index is 958. The molecule has 0 aromatic rings. The van der Waals surface area contributed by atoms with Crippen LogP contribution in [0.5, 0.6) is 0 Å². The van der Waals surface area contributed by atoms with Gasteiger partial charge in [-0.2, -0.15) is 0 Å². The molecule has 3 aliphatic heterocycles. The predicted octanol–water partition coefficient (Wildman–Crippen LogP) is 4.19. The molecule has 3 aliphatic rings. The number of ketones is 1. The molecule has 0 aromatic heterocycles. The Balaban J connectivity index is 1.79. The summed E-state index contributed by atoms with van der Waals surface area (Å²) in [6.45, 7) is 20.4. The van der Waals surface area contributed by atoms with E-state index in [1.807, 2.05) is 55.4 Å². The summed E-state index contributed by atoms with van der Waals surface area (Å²) in [4.78, 5) is 14.1. The van der Waals surface area contributed by atoms with E-state index in [9.17, 15) is 30.3 Å². The van der Waals surface area contributed by atoms with Crippen molar-refractivity contribution in [3.8, 4) is 0 Å². The smallest absolute Gasteiger partial charge is 0.198 e. The Hall–Kier alpha value is -0.650. The third-order valence-electron chi connectivity index (χ3n) is 11.9. The van der Waals surface area contributed by atoms with Crippen molar-refractivity contribution in [3.63, 3.8) is 0 Å². The van der Waals surface area contributed by atoms with Crippen molar-refractivity contribution in [2.24, 2.45) is 41.4 Å². The first-order valence-electron chi connectivity index (χ1n) is 16.9. The minimum atomic E-state index is -1.63. The summed E-state index contributed by atoms with van der Waals surface area (Å²) in [7, 11) is 0. The van der Waals surface area contributed by atoms with Gasteiger partial charge in [0.2, 0.25) is 0 Å². The molecule has 3 fully saturated rings. The molecule has 3 rings (SSSR count). The maximum Gasteiger partial charge on any atom is 0.198 e. The Morgan fingerprint density at radius 2 is 1.53 bits per heavy atom. The lowest BCUT2D eigenvalue weighted by molar-refractivity contribution is -0.332. The van der Waals surface area contributed by atoms with Gasteiger partial charge in [-0.25, -0.2) is 0 Å². The molecule has 252 valence electrons. The summed E-state index contributed by atoms with van der Waals surface area (Å²) in [5, 5.41) is 56.3. The summed E-state index contributed by atoms with van der Waals surface area (Å²) in [5.41, 5.74) is -1.95. The van der Waals surface area contributed by atoms with Crippen LogP contribution in [0.1, 0.15) is 115 Å². The number of carbonyl (C=O) groups excluding carboxylic acids is 1. The van der Waals surface area contributed by atoms with Crippen LogP contribution in [0.15, 0.2) is 0 Å². The molecule has 0 aliphatic carbocycles. The average molecular weight is 615 g/mol. The van der Waals surface area contributed by atoms with Crippen LogP contribution >= 0.6 is 0 Å². The SMILES string of the molecule is CC[C@@H]1[C@H](O)[C@H](C)[C@@H]([C@@H](C)[C@H](O)[C@H](C)C(=O)[C@H](CC)[C@H]2O[C@](C)([C@]3(O)O[C@@](CC)([C@@H](O)CC)C[C@H]3C)C[C@@H]2C)O[C@]1(C)O. The van der Waals surface area contributed by atoms with Gasteiger partial charge in [-0.3, -0.25) is 4.79 Å².